The quantitative estimate of drug-likeness (QED) is 0.148. The maximum Gasteiger partial charge on any atom is 0.413 e. The summed E-state index contributed by atoms with van der Waals surface area (Å²) < 4.78 is 33.0. The predicted molar refractivity (Wildman–Crippen MR) is 149 cm³/mol. The van der Waals surface area contributed by atoms with Gasteiger partial charge in [0.2, 0.25) is 9.84 Å². The Kier molecular flexibility index (Phi) is 8.53. The van der Waals surface area contributed by atoms with Gasteiger partial charge in [-0.2, -0.15) is 4.99 Å². The number of amidine groups is 1. The first-order valence-electron chi connectivity index (χ1n) is 10.7. The van der Waals surface area contributed by atoms with E-state index in [9.17, 15) is 13.2 Å². The summed E-state index contributed by atoms with van der Waals surface area (Å²) in [4.78, 5) is 16.6. The molecule has 0 unspecified atom stereocenters. The fraction of sp³-hybridized carbons (Fsp3) is 0.240. The smallest absolute Gasteiger partial charge is 0.413 e. The maximum atomic E-state index is 13.6. The summed E-state index contributed by atoms with van der Waals surface area (Å²) in [5, 5.41) is 13.0. The van der Waals surface area contributed by atoms with Gasteiger partial charge in [-0.25, -0.2) is 13.2 Å². The van der Waals surface area contributed by atoms with Gasteiger partial charge in [0.15, 0.2) is 0 Å². The van der Waals surface area contributed by atoms with Gasteiger partial charge in [-0.3, -0.25) is 10.7 Å². The summed E-state index contributed by atoms with van der Waals surface area (Å²) in [5.74, 6) is -0.227. The highest BCUT2D eigenvalue weighted by atomic mass is 32.2. The first-order chi connectivity index (χ1) is 16.9. The number of carbonyl (C=O) groups excluding carboxylic acids is 1. The number of thiocarbonyl (C=S) groups is 1. The number of isothiocyanates is 1. The number of alkyl carbamates (subject to hydrolysis) is 1. The molecule has 0 aliphatic carbocycles. The maximum absolute atomic E-state index is 13.6. The molecule has 0 spiro atoms. The van der Waals surface area contributed by atoms with E-state index < -0.39 is 21.5 Å². The van der Waals surface area contributed by atoms with Crippen LogP contribution in [0.3, 0.4) is 0 Å². The number of aliphatic imine (C=N–C) groups is 1. The molecule has 0 saturated carbocycles. The van der Waals surface area contributed by atoms with Crippen molar-refractivity contribution in [2.45, 2.75) is 47.3 Å². The van der Waals surface area contributed by atoms with Gasteiger partial charge >= 0.3 is 6.09 Å². The van der Waals surface area contributed by atoms with Crippen molar-refractivity contribution >= 4 is 67.9 Å². The normalized spacial score (nSPS) is 11.5. The van der Waals surface area contributed by atoms with Crippen LogP contribution in [0.4, 0.5) is 10.5 Å². The summed E-state index contributed by atoms with van der Waals surface area (Å²) in [7, 11) is -3.91. The Morgan fingerprint density at radius 3 is 2.53 bits per heavy atom. The van der Waals surface area contributed by atoms with Crippen LogP contribution in [0.25, 0.3) is 11.1 Å². The first-order valence-corrected chi connectivity index (χ1v) is 14.6. The number of hydrogen-bond acceptors (Lipinski definition) is 9. The van der Waals surface area contributed by atoms with Crippen LogP contribution in [0.5, 0.6) is 0 Å². The molecule has 188 valence electrons. The fourth-order valence-corrected chi connectivity index (χ4v) is 7.38. The van der Waals surface area contributed by atoms with Crippen molar-refractivity contribution in [1.29, 1.82) is 5.41 Å². The number of nitrogens with one attached hydrogen (secondary N) is 2. The van der Waals surface area contributed by atoms with Crippen LogP contribution in [0.15, 0.2) is 67.5 Å². The fourth-order valence-electron chi connectivity index (χ4n) is 3.33. The van der Waals surface area contributed by atoms with E-state index in [1.807, 2.05) is 25.1 Å². The minimum absolute atomic E-state index is 0.0882. The monoisotopic (exact) mass is 559 g/mol. The highest BCUT2D eigenvalue weighted by Gasteiger charge is 2.27. The van der Waals surface area contributed by atoms with Crippen molar-refractivity contribution < 1.29 is 17.9 Å². The second-order valence-corrected chi connectivity index (χ2v) is 12.9. The number of carbonyl (C=O) groups is 1. The molecule has 0 radical (unpaired) electrons. The number of ether oxygens (including phenoxy) is 1. The van der Waals surface area contributed by atoms with Gasteiger partial charge < -0.3 is 4.74 Å². The Balaban J connectivity index is 1.96. The SMILES string of the molecule is CSc1sc(C(=N)NC(=O)OC(C)(C)C)cc1S(=O)(=O)c1cccc(-c2ccc(N=C=S)cc2C)c1. The molecule has 1 aromatic heterocycles. The zero-order valence-corrected chi connectivity index (χ0v) is 23.6. The average molecular weight is 560 g/mol. The topological polar surface area (TPSA) is 109 Å². The summed E-state index contributed by atoms with van der Waals surface area (Å²) in [6.07, 6.45) is 0.991. The third kappa shape index (κ3) is 6.48. The molecule has 0 saturated heterocycles. The number of nitrogens with zero attached hydrogens (tertiary/aromatic N) is 1. The lowest BCUT2D eigenvalue weighted by Gasteiger charge is -2.19. The summed E-state index contributed by atoms with van der Waals surface area (Å²) in [5.41, 5.74) is 2.48. The Morgan fingerprint density at radius 2 is 1.92 bits per heavy atom. The molecule has 36 heavy (non-hydrogen) atoms. The van der Waals surface area contributed by atoms with Crippen molar-refractivity contribution in [3.05, 3.63) is 59.0 Å². The van der Waals surface area contributed by atoms with Gasteiger partial charge in [0.05, 0.1) is 29.7 Å². The summed E-state index contributed by atoms with van der Waals surface area (Å²) >= 11 is 7.05. The van der Waals surface area contributed by atoms with Crippen molar-refractivity contribution in [2.75, 3.05) is 6.26 Å². The van der Waals surface area contributed by atoms with E-state index in [0.29, 0.717) is 14.8 Å². The number of hydrogen-bond donors (Lipinski definition) is 2. The van der Waals surface area contributed by atoms with E-state index in [4.69, 9.17) is 10.1 Å². The average Bonchev–Trinajstić information content (AvgIpc) is 3.24. The number of sulfone groups is 1. The van der Waals surface area contributed by atoms with Crippen molar-refractivity contribution in [2.24, 2.45) is 4.99 Å². The molecule has 3 aromatic rings. The van der Waals surface area contributed by atoms with Crippen LogP contribution in [-0.4, -0.2) is 37.4 Å². The largest absolute Gasteiger partial charge is 0.444 e. The Labute approximate surface area is 224 Å². The van der Waals surface area contributed by atoms with Crippen molar-refractivity contribution in [1.82, 2.24) is 5.32 Å². The zero-order valence-electron chi connectivity index (χ0n) is 20.3. The molecule has 0 aliphatic rings. The third-order valence-corrected chi connectivity index (χ3v) is 9.27. The molecule has 0 bridgehead atoms. The van der Waals surface area contributed by atoms with Crippen LogP contribution in [-0.2, 0) is 14.6 Å². The molecule has 1 heterocycles. The van der Waals surface area contributed by atoms with Crippen LogP contribution in [0, 0.1) is 12.3 Å². The predicted octanol–water partition coefficient (Wildman–Crippen LogP) is 6.86. The second-order valence-electron chi connectivity index (χ2n) is 8.70. The van der Waals surface area contributed by atoms with Crippen LogP contribution in [0.2, 0.25) is 0 Å². The number of thioether (sulfide) groups is 1. The lowest BCUT2D eigenvalue weighted by Crippen LogP contribution is -2.36. The van der Waals surface area contributed by atoms with E-state index in [-0.39, 0.29) is 15.6 Å². The molecule has 2 N–H and O–H groups in total. The van der Waals surface area contributed by atoms with Gasteiger partial charge in [0.25, 0.3) is 0 Å². The first kappa shape index (κ1) is 27.8. The number of aryl methyl sites for hydroxylation is 1. The van der Waals surface area contributed by atoms with Crippen LogP contribution >= 0.6 is 35.3 Å². The van der Waals surface area contributed by atoms with Gasteiger partial charge in [0, 0.05) is 0 Å². The number of amides is 1. The number of benzene rings is 2. The molecule has 1 amide bonds. The summed E-state index contributed by atoms with van der Waals surface area (Å²) in [6, 6.07) is 13.7. The number of thiophene rings is 1. The van der Waals surface area contributed by atoms with Crippen LogP contribution < -0.4 is 5.32 Å². The van der Waals surface area contributed by atoms with Crippen molar-refractivity contribution in [3.8, 4) is 11.1 Å². The zero-order chi connectivity index (χ0) is 26.7. The molecule has 0 fully saturated rings. The summed E-state index contributed by atoms with van der Waals surface area (Å²) in [6.45, 7) is 7.07. The molecule has 11 heteroatoms. The standard InChI is InChI=1S/C25H25N3O4S4/c1-15-11-17(27-14-33)9-10-19(15)16-7-6-8-18(12-16)36(30,31)21-13-20(35-23(21)34-5)22(26)28-24(29)32-25(2,3)4/h6-13H,1-5H3,(H2,26,28,29). The van der Waals surface area contributed by atoms with Gasteiger partial charge in [-0.05, 0) is 93.2 Å². The molecular formula is C25H25N3O4S4. The van der Waals surface area contributed by atoms with E-state index in [0.717, 1.165) is 28.0 Å². The molecule has 0 aliphatic heterocycles. The minimum atomic E-state index is -3.91. The van der Waals surface area contributed by atoms with Crippen LogP contribution in [0.1, 0.15) is 31.2 Å². The minimum Gasteiger partial charge on any atom is -0.444 e. The second kappa shape index (κ2) is 11.1. The highest BCUT2D eigenvalue weighted by Crippen LogP contribution is 2.38. The van der Waals surface area contributed by atoms with E-state index >= 15 is 0 Å². The number of rotatable bonds is 6. The lowest BCUT2D eigenvalue weighted by molar-refractivity contribution is 0.0563. The Hall–Kier alpha value is -2.82. The Morgan fingerprint density at radius 1 is 1.19 bits per heavy atom. The van der Waals surface area contributed by atoms with E-state index in [2.05, 4.69) is 27.7 Å². The molecule has 2 aromatic carbocycles. The molecular weight excluding hydrogens is 535 g/mol. The van der Waals surface area contributed by atoms with Gasteiger partial charge in [-0.15, -0.1) is 23.1 Å². The lowest BCUT2D eigenvalue weighted by atomic mass is 10.0. The van der Waals surface area contributed by atoms with E-state index in [1.165, 1.54) is 17.8 Å². The molecule has 7 nitrogen and oxygen atoms in total. The van der Waals surface area contributed by atoms with Gasteiger partial charge in [-0.1, -0.05) is 18.2 Å². The third-order valence-electron chi connectivity index (χ3n) is 4.85. The van der Waals surface area contributed by atoms with E-state index in [1.54, 1.807) is 51.3 Å². The van der Waals surface area contributed by atoms with Gasteiger partial charge in [0.1, 0.15) is 11.4 Å². The molecule has 0 atom stereocenters. The van der Waals surface area contributed by atoms with Crippen molar-refractivity contribution in [3.63, 3.8) is 0 Å². The molecule has 3 rings (SSSR count). The Bertz CT molecular complexity index is 1480. The highest BCUT2D eigenvalue weighted by molar-refractivity contribution is 8.01.